The van der Waals surface area contributed by atoms with Gasteiger partial charge in [0.25, 0.3) is 0 Å². The quantitative estimate of drug-likeness (QED) is 0.714. The Morgan fingerprint density at radius 2 is 2.00 bits per heavy atom. The second-order valence-corrected chi connectivity index (χ2v) is 5.73. The zero-order valence-electron chi connectivity index (χ0n) is 12.7. The lowest BCUT2D eigenvalue weighted by Gasteiger charge is -2.27. The van der Waals surface area contributed by atoms with Crippen LogP contribution in [0.2, 0.25) is 0 Å². The van der Waals surface area contributed by atoms with E-state index >= 15 is 0 Å². The maximum Gasteiger partial charge on any atom is 0.0414 e. The predicted molar refractivity (Wildman–Crippen MR) is 83.8 cm³/mol. The molecule has 0 aromatic heterocycles. The monoisotopic (exact) mass is 260 g/mol. The minimum absolute atomic E-state index is 0.799. The summed E-state index contributed by atoms with van der Waals surface area (Å²) in [4.78, 5) is 2.63. The van der Waals surface area contributed by atoms with Crippen LogP contribution in [0.25, 0.3) is 0 Å². The Morgan fingerprint density at radius 1 is 1.21 bits per heavy atom. The third kappa shape index (κ3) is 3.97. The maximum absolute atomic E-state index is 3.55. The summed E-state index contributed by atoms with van der Waals surface area (Å²) in [6, 6.07) is 7.73. The minimum atomic E-state index is 0.799. The van der Waals surface area contributed by atoms with Gasteiger partial charge in [0.2, 0.25) is 0 Å². The van der Waals surface area contributed by atoms with Crippen molar-refractivity contribution in [3.63, 3.8) is 0 Å². The van der Waals surface area contributed by atoms with Crippen LogP contribution in [0.3, 0.4) is 0 Å². The number of benzene rings is 1. The highest BCUT2D eigenvalue weighted by Crippen LogP contribution is 2.34. The Kier molecular flexibility index (Phi) is 5.26. The number of anilines is 1. The molecule has 1 N–H and O–H groups in total. The van der Waals surface area contributed by atoms with Crippen LogP contribution in [-0.2, 0) is 6.54 Å². The van der Waals surface area contributed by atoms with E-state index in [-0.39, 0.29) is 0 Å². The first-order valence-electron chi connectivity index (χ1n) is 7.83. The molecule has 1 aromatic carbocycles. The number of nitrogens with one attached hydrogen (secondary N) is 1. The average molecular weight is 260 g/mol. The number of hydrogen-bond acceptors (Lipinski definition) is 2. The first-order chi connectivity index (χ1) is 9.26. The maximum atomic E-state index is 3.55. The summed E-state index contributed by atoms with van der Waals surface area (Å²) < 4.78 is 0. The molecule has 2 nitrogen and oxygen atoms in total. The Labute approximate surface area is 118 Å². The van der Waals surface area contributed by atoms with E-state index in [0.29, 0.717) is 0 Å². The van der Waals surface area contributed by atoms with Crippen molar-refractivity contribution >= 4 is 5.69 Å². The number of hydrogen-bond donors (Lipinski definition) is 1. The molecule has 2 rings (SSSR count). The van der Waals surface area contributed by atoms with Gasteiger partial charge in [-0.3, -0.25) is 0 Å². The summed E-state index contributed by atoms with van der Waals surface area (Å²) in [7, 11) is 0. The van der Waals surface area contributed by atoms with Crippen LogP contribution in [0.4, 0.5) is 5.69 Å². The zero-order chi connectivity index (χ0) is 13.7. The second kappa shape index (κ2) is 6.95. The normalized spacial score (nSPS) is 14.7. The molecule has 0 bridgehead atoms. The van der Waals surface area contributed by atoms with Gasteiger partial charge in [-0.1, -0.05) is 31.5 Å². The van der Waals surface area contributed by atoms with Crippen molar-refractivity contribution in [2.24, 2.45) is 0 Å². The van der Waals surface area contributed by atoms with E-state index in [4.69, 9.17) is 0 Å². The molecule has 1 saturated carbocycles. The van der Waals surface area contributed by atoms with Crippen molar-refractivity contribution in [3.8, 4) is 0 Å². The number of rotatable bonds is 8. The highest BCUT2D eigenvalue weighted by molar-refractivity contribution is 5.56. The van der Waals surface area contributed by atoms with Gasteiger partial charge < -0.3 is 10.2 Å². The van der Waals surface area contributed by atoms with E-state index in [1.165, 1.54) is 49.0 Å². The molecule has 0 spiro atoms. The summed E-state index contributed by atoms with van der Waals surface area (Å²) in [6.45, 7) is 9.97. The van der Waals surface area contributed by atoms with E-state index in [1.54, 1.807) is 0 Å². The Bertz CT molecular complexity index is 396. The highest BCUT2D eigenvalue weighted by atomic mass is 15.2. The van der Waals surface area contributed by atoms with E-state index in [0.717, 1.165) is 19.1 Å². The van der Waals surface area contributed by atoms with Crippen LogP contribution in [0.15, 0.2) is 18.2 Å². The molecule has 2 heteroatoms. The third-order valence-electron chi connectivity index (χ3n) is 3.74. The van der Waals surface area contributed by atoms with Crippen LogP contribution in [-0.4, -0.2) is 19.1 Å². The van der Waals surface area contributed by atoms with Gasteiger partial charge in [-0.25, -0.2) is 0 Å². The lowest BCUT2D eigenvalue weighted by molar-refractivity contribution is 0.669. The molecule has 0 aliphatic heterocycles. The Hall–Kier alpha value is -1.02. The van der Waals surface area contributed by atoms with Crippen LogP contribution in [0.1, 0.15) is 50.7 Å². The van der Waals surface area contributed by atoms with Crippen molar-refractivity contribution < 1.29 is 0 Å². The first-order valence-corrected chi connectivity index (χ1v) is 7.83. The fourth-order valence-electron chi connectivity index (χ4n) is 2.66. The van der Waals surface area contributed by atoms with Gasteiger partial charge >= 0.3 is 0 Å². The van der Waals surface area contributed by atoms with Gasteiger partial charge in [-0.15, -0.1) is 0 Å². The van der Waals surface area contributed by atoms with E-state index in [2.05, 4.69) is 49.2 Å². The lowest BCUT2D eigenvalue weighted by Crippen LogP contribution is -2.28. The molecule has 0 unspecified atom stereocenters. The number of aryl methyl sites for hydroxylation is 1. The molecule has 1 aliphatic carbocycles. The lowest BCUT2D eigenvalue weighted by atomic mass is 10.1. The molecule has 1 fully saturated rings. The molecule has 0 amide bonds. The van der Waals surface area contributed by atoms with Crippen molar-refractivity contribution in [3.05, 3.63) is 29.3 Å². The third-order valence-corrected chi connectivity index (χ3v) is 3.74. The van der Waals surface area contributed by atoms with Crippen molar-refractivity contribution in [2.45, 2.75) is 59.0 Å². The van der Waals surface area contributed by atoms with E-state index in [1.807, 2.05) is 0 Å². The Morgan fingerprint density at radius 3 is 2.63 bits per heavy atom. The fraction of sp³-hybridized carbons (Fsp3) is 0.647. The van der Waals surface area contributed by atoms with Crippen LogP contribution in [0, 0.1) is 6.92 Å². The zero-order valence-corrected chi connectivity index (χ0v) is 12.7. The molecular weight excluding hydrogens is 232 g/mol. The highest BCUT2D eigenvalue weighted by Gasteiger charge is 2.29. The summed E-state index contributed by atoms with van der Waals surface area (Å²) in [5.41, 5.74) is 4.29. The first kappa shape index (κ1) is 14.4. The molecular formula is C17H28N2. The van der Waals surface area contributed by atoms with Crippen LogP contribution in [0.5, 0.6) is 0 Å². The van der Waals surface area contributed by atoms with Gasteiger partial charge in [0.15, 0.2) is 0 Å². The second-order valence-electron chi connectivity index (χ2n) is 5.73. The molecule has 19 heavy (non-hydrogen) atoms. The standard InChI is InChI=1S/C17H28N2/c1-4-10-18-13-15-12-14(3)6-9-17(15)19(11-5-2)16-7-8-16/h6,9,12,16,18H,4-5,7-8,10-11,13H2,1-3H3. The molecule has 1 aromatic rings. The smallest absolute Gasteiger partial charge is 0.0414 e. The van der Waals surface area contributed by atoms with Gasteiger partial charge in [0, 0.05) is 24.8 Å². The summed E-state index contributed by atoms with van der Waals surface area (Å²) in [5.74, 6) is 0. The van der Waals surface area contributed by atoms with Gasteiger partial charge in [0.1, 0.15) is 0 Å². The van der Waals surface area contributed by atoms with Crippen molar-refractivity contribution in [2.75, 3.05) is 18.0 Å². The van der Waals surface area contributed by atoms with Gasteiger partial charge in [-0.2, -0.15) is 0 Å². The molecule has 0 radical (unpaired) electrons. The largest absolute Gasteiger partial charge is 0.368 e. The molecule has 1 aliphatic rings. The van der Waals surface area contributed by atoms with Gasteiger partial charge in [0.05, 0.1) is 0 Å². The average Bonchev–Trinajstić information content (AvgIpc) is 3.21. The van der Waals surface area contributed by atoms with E-state index in [9.17, 15) is 0 Å². The Balaban J connectivity index is 2.16. The molecule has 0 saturated heterocycles. The fourth-order valence-corrected chi connectivity index (χ4v) is 2.66. The van der Waals surface area contributed by atoms with Crippen molar-refractivity contribution in [1.29, 1.82) is 0 Å². The minimum Gasteiger partial charge on any atom is -0.368 e. The number of nitrogens with zero attached hydrogens (tertiary/aromatic N) is 1. The molecule has 0 heterocycles. The van der Waals surface area contributed by atoms with Crippen molar-refractivity contribution in [1.82, 2.24) is 5.32 Å². The predicted octanol–water partition coefficient (Wildman–Crippen LogP) is 3.87. The summed E-state index contributed by atoms with van der Waals surface area (Å²) >= 11 is 0. The van der Waals surface area contributed by atoms with E-state index < -0.39 is 0 Å². The van der Waals surface area contributed by atoms with Crippen LogP contribution < -0.4 is 10.2 Å². The topological polar surface area (TPSA) is 15.3 Å². The van der Waals surface area contributed by atoms with Gasteiger partial charge in [-0.05, 0) is 50.8 Å². The SMILES string of the molecule is CCCNCc1cc(C)ccc1N(CCC)C1CC1. The summed E-state index contributed by atoms with van der Waals surface area (Å²) in [5, 5.41) is 3.55. The van der Waals surface area contributed by atoms with Crippen LogP contribution >= 0.6 is 0 Å². The molecule has 106 valence electrons. The molecule has 0 atom stereocenters. The summed E-state index contributed by atoms with van der Waals surface area (Å²) in [6.07, 6.45) is 5.17.